The van der Waals surface area contributed by atoms with Crippen LogP contribution in [0.1, 0.15) is 24.2 Å². The van der Waals surface area contributed by atoms with Crippen LogP contribution in [-0.2, 0) is 0 Å². The highest BCUT2D eigenvalue weighted by Crippen LogP contribution is 2.20. The van der Waals surface area contributed by atoms with Gasteiger partial charge in [0.25, 0.3) is 5.91 Å². The van der Waals surface area contributed by atoms with Crippen LogP contribution in [-0.4, -0.2) is 42.0 Å². The largest absolute Gasteiger partial charge is 0.351 e. The molecule has 0 saturated heterocycles. The summed E-state index contributed by atoms with van der Waals surface area (Å²) in [5.41, 5.74) is 1.31. The summed E-state index contributed by atoms with van der Waals surface area (Å²) in [5, 5.41) is 4.11. The summed E-state index contributed by atoms with van der Waals surface area (Å²) in [6, 6.07) is 9.14. The zero-order chi connectivity index (χ0) is 15.2. The molecule has 0 unspecified atom stereocenters. The van der Waals surface area contributed by atoms with Crippen LogP contribution in [0.2, 0.25) is 5.15 Å². The Hall–Kier alpha value is -1.65. The zero-order valence-electron chi connectivity index (χ0n) is 12.4. The Morgan fingerprint density at radius 1 is 1.29 bits per heavy atom. The number of hydrogen-bond donors (Lipinski definition) is 1. The van der Waals surface area contributed by atoms with Gasteiger partial charge in [-0.1, -0.05) is 43.6 Å². The van der Waals surface area contributed by atoms with Crippen molar-refractivity contribution in [2.75, 3.05) is 26.2 Å². The molecule has 5 heteroatoms. The van der Waals surface area contributed by atoms with Gasteiger partial charge in [-0.2, -0.15) is 0 Å². The number of carbonyl (C=O) groups excluding carboxylic acids is 1. The predicted octanol–water partition coefficient (Wildman–Crippen LogP) is 2.96. The van der Waals surface area contributed by atoms with Gasteiger partial charge < -0.3 is 10.2 Å². The summed E-state index contributed by atoms with van der Waals surface area (Å²) in [6.45, 7) is 7.65. The molecule has 0 atom stereocenters. The normalized spacial score (nSPS) is 11.0. The third kappa shape index (κ3) is 3.93. The Morgan fingerprint density at radius 2 is 2.00 bits per heavy atom. The molecule has 1 N–H and O–H groups in total. The molecule has 0 aliphatic rings. The van der Waals surface area contributed by atoms with Crippen LogP contribution in [0.4, 0.5) is 0 Å². The van der Waals surface area contributed by atoms with Crippen molar-refractivity contribution in [2.24, 2.45) is 0 Å². The molecule has 0 fully saturated rings. The quantitative estimate of drug-likeness (QED) is 0.835. The number of pyridine rings is 1. The Labute approximate surface area is 130 Å². The summed E-state index contributed by atoms with van der Waals surface area (Å²) in [4.78, 5) is 18.8. The topological polar surface area (TPSA) is 45.2 Å². The molecular weight excluding hydrogens is 286 g/mol. The van der Waals surface area contributed by atoms with E-state index in [2.05, 4.69) is 29.0 Å². The number of aromatic nitrogens is 1. The number of rotatable bonds is 6. The molecule has 4 nitrogen and oxygen atoms in total. The molecule has 1 aromatic carbocycles. The maximum absolute atomic E-state index is 12.4. The summed E-state index contributed by atoms with van der Waals surface area (Å²) in [7, 11) is 0. The molecule has 0 spiro atoms. The first-order chi connectivity index (χ1) is 10.2. The number of amides is 1. The lowest BCUT2D eigenvalue weighted by Crippen LogP contribution is -2.34. The van der Waals surface area contributed by atoms with Crippen LogP contribution in [0.3, 0.4) is 0 Å². The second-order valence-electron chi connectivity index (χ2n) is 4.79. The van der Waals surface area contributed by atoms with Gasteiger partial charge in [-0.25, -0.2) is 4.98 Å². The van der Waals surface area contributed by atoms with Crippen LogP contribution >= 0.6 is 11.6 Å². The Kier molecular flexibility index (Phi) is 5.53. The molecule has 1 aromatic heterocycles. The molecular formula is C16H20ClN3O. The van der Waals surface area contributed by atoms with E-state index in [0.29, 0.717) is 17.3 Å². The first-order valence-electron chi connectivity index (χ1n) is 7.21. The summed E-state index contributed by atoms with van der Waals surface area (Å²) >= 11 is 6.00. The highest BCUT2D eigenvalue weighted by atomic mass is 35.5. The number of benzene rings is 1. The molecule has 2 aromatic rings. The van der Waals surface area contributed by atoms with Gasteiger partial charge in [0.15, 0.2) is 0 Å². The molecule has 0 saturated carbocycles. The van der Waals surface area contributed by atoms with Gasteiger partial charge in [0, 0.05) is 18.5 Å². The second kappa shape index (κ2) is 7.38. The van der Waals surface area contributed by atoms with Crippen LogP contribution < -0.4 is 5.32 Å². The summed E-state index contributed by atoms with van der Waals surface area (Å²) in [6.07, 6.45) is 0. The monoisotopic (exact) mass is 305 g/mol. The second-order valence-corrected chi connectivity index (χ2v) is 5.18. The number of likely N-dealkylation sites (N-methyl/N-ethyl adjacent to an activating group) is 1. The molecule has 112 valence electrons. The van der Waals surface area contributed by atoms with Crippen LogP contribution in [0.25, 0.3) is 10.9 Å². The molecule has 2 rings (SSSR count). The fraction of sp³-hybridized carbons (Fsp3) is 0.375. The van der Waals surface area contributed by atoms with E-state index in [4.69, 9.17) is 11.6 Å². The fourth-order valence-electron chi connectivity index (χ4n) is 2.29. The lowest BCUT2D eigenvalue weighted by Gasteiger charge is -2.18. The number of halogens is 1. The van der Waals surface area contributed by atoms with Crippen molar-refractivity contribution in [3.63, 3.8) is 0 Å². The average molecular weight is 306 g/mol. The van der Waals surface area contributed by atoms with Gasteiger partial charge in [-0.15, -0.1) is 0 Å². The lowest BCUT2D eigenvalue weighted by molar-refractivity contribution is 0.0950. The van der Waals surface area contributed by atoms with E-state index in [1.807, 2.05) is 24.3 Å². The number of nitrogens with one attached hydrogen (secondary N) is 1. The number of para-hydroxylation sites is 1. The van der Waals surface area contributed by atoms with Crippen molar-refractivity contribution >= 4 is 28.4 Å². The maximum Gasteiger partial charge on any atom is 0.252 e. The minimum absolute atomic E-state index is 0.109. The Morgan fingerprint density at radius 3 is 2.71 bits per heavy atom. The van der Waals surface area contributed by atoms with Crippen molar-refractivity contribution in [3.05, 3.63) is 41.0 Å². The number of nitrogens with zero attached hydrogens (tertiary/aromatic N) is 2. The van der Waals surface area contributed by atoms with Crippen molar-refractivity contribution < 1.29 is 4.79 Å². The van der Waals surface area contributed by atoms with E-state index in [1.165, 1.54) is 0 Å². The number of carbonyl (C=O) groups is 1. The SMILES string of the molecule is CCN(CC)CCNC(=O)c1cc(Cl)nc2ccccc12. The van der Waals surface area contributed by atoms with Gasteiger partial charge in [0.2, 0.25) is 0 Å². The highest BCUT2D eigenvalue weighted by Gasteiger charge is 2.12. The maximum atomic E-state index is 12.4. The van der Waals surface area contributed by atoms with E-state index in [-0.39, 0.29) is 5.91 Å². The molecule has 0 aliphatic heterocycles. The predicted molar refractivity (Wildman–Crippen MR) is 86.9 cm³/mol. The van der Waals surface area contributed by atoms with Gasteiger partial charge in [-0.3, -0.25) is 4.79 Å². The average Bonchev–Trinajstić information content (AvgIpc) is 2.50. The summed E-state index contributed by atoms with van der Waals surface area (Å²) in [5.74, 6) is -0.109. The fourth-order valence-corrected chi connectivity index (χ4v) is 2.49. The minimum atomic E-state index is -0.109. The Balaban J connectivity index is 2.12. The minimum Gasteiger partial charge on any atom is -0.351 e. The number of hydrogen-bond acceptors (Lipinski definition) is 3. The van der Waals surface area contributed by atoms with Crippen molar-refractivity contribution in [1.29, 1.82) is 0 Å². The van der Waals surface area contributed by atoms with E-state index in [1.54, 1.807) is 6.07 Å². The first-order valence-corrected chi connectivity index (χ1v) is 7.59. The summed E-state index contributed by atoms with van der Waals surface area (Å²) < 4.78 is 0. The highest BCUT2D eigenvalue weighted by molar-refractivity contribution is 6.30. The standard InChI is InChI=1S/C16H20ClN3O/c1-3-20(4-2)10-9-18-16(21)13-11-15(17)19-14-8-6-5-7-12(13)14/h5-8,11H,3-4,9-10H2,1-2H3,(H,18,21). The van der Waals surface area contributed by atoms with Crippen molar-refractivity contribution in [2.45, 2.75) is 13.8 Å². The molecule has 1 amide bonds. The molecule has 0 aliphatic carbocycles. The van der Waals surface area contributed by atoms with E-state index in [9.17, 15) is 4.79 Å². The molecule has 0 bridgehead atoms. The van der Waals surface area contributed by atoms with Crippen LogP contribution in [0, 0.1) is 0 Å². The lowest BCUT2D eigenvalue weighted by atomic mass is 10.1. The van der Waals surface area contributed by atoms with E-state index in [0.717, 1.165) is 30.5 Å². The van der Waals surface area contributed by atoms with Gasteiger partial charge in [0.05, 0.1) is 11.1 Å². The third-order valence-electron chi connectivity index (χ3n) is 3.54. The van der Waals surface area contributed by atoms with Gasteiger partial charge in [-0.05, 0) is 25.2 Å². The van der Waals surface area contributed by atoms with Crippen LogP contribution in [0.15, 0.2) is 30.3 Å². The van der Waals surface area contributed by atoms with Gasteiger partial charge >= 0.3 is 0 Å². The van der Waals surface area contributed by atoms with Crippen LogP contribution in [0.5, 0.6) is 0 Å². The Bertz CT molecular complexity index is 626. The van der Waals surface area contributed by atoms with E-state index >= 15 is 0 Å². The van der Waals surface area contributed by atoms with E-state index < -0.39 is 0 Å². The van der Waals surface area contributed by atoms with Crippen molar-refractivity contribution in [3.8, 4) is 0 Å². The van der Waals surface area contributed by atoms with Gasteiger partial charge in [0.1, 0.15) is 5.15 Å². The third-order valence-corrected chi connectivity index (χ3v) is 3.73. The first kappa shape index (κ1) is 15.7. The smallest absolute Gasteiger partial charge is 0.252 e. The molecule has 1 heterocycles. The van der Waals surface area contributed by atoms with Crippen molar-refractivity contribution in [1.82, 2.24) is 15.2 Å². The molecule has 21 heavy (non-hydrogen) atoms. The molecule has 0 radical (unpaired) electrons. The zero-order valence-corrected chi connectivity index (χ0v) is 13.2. The number of fused-ring (bicyclic) bond motifs is 1.